The minimum absolute atomic E-state index is 0.316. The number of hydrogen-bond acceptors (Lipinski definition) is 3. The molecule has 5 heteroatoms. The molecule has 1 atom stereocenters. The highest BCUT2D eigenvalue weighted by Gasteiger charge is 2.42. The Bertz CT molecular complexity index is 461. The summed E-state index contributed by atoms with van der Waals surface area (Å²) in [7, 11) is 1.69. The second-order valence-electron chi connectivity index (χ2n) is 5.72. The van der Waals surface area contributed by atoms with Crippen LogP contribution in [0, 0.1) is 11.7 Å². The van der Waals surface area contributed by atoms with Crippen LogP contribution in [0.25, 0.3) is 0 Å². The first-order valence-electron chi connectivity index (χ1n) is 6.98. The fourth-order valence-electron chi connectivity index (χ4n) is 3.12. The molecule has 3 nitrogen and oxygen atoms in total. The molecular formula is C15H22ClFN2O. The minimum Gasteiger partial charge on any atom is -0.376 e. The normalized spacial score (nSPS) is 28.4. The molecule has 1 aromatic carbocycles. The molecule has 0 aromatic heterocycles. The van der Waals surface area contributed by atoms with E-state index in [4.69, 9.17) is 22.2 Å². The molecule has 1 saturated carbocycles. The number of hydrazine groups is 1. The average Bonchev–Trinajstić information content (AvgIpc) is 2.45. The van der Waals surface area contributed by atoms with Gasteiger partial charge in [0.25, 0.3) is 0 Å². The van der Waals surface area contributed by atoms with Crippen LogP contribution in [0.3, 0.4) is 0 Å². The summed E-state index contributed by atoms with van der Waals surface area (Å²) in [6, 6.07) is 4.03. The van der Waals surface area contributed by atoms with Crippen molar-refractivity contribution in [1.82, 2.24) is 5.43 Å². The van der Waals surface area contributed by atoms with Crippen LogP contribution in [-0.2, 0) is 4.74 Å². The lowest BCUT2D eigenvalue weighted by atomic mass is 9.73. The highest BCUT2D eigenvalue weighted by molar-refractivity contribution is 6.31. The van der Waals surface area contributed by atoms with E-state index in [0.29, 0.717) is 16.5 Å². The van der Waals surface area contributed by atoms with Gasteiger partial charge in [0.15, 0.2) is 0 Å². The molecule has 0 aliphatic heterocycles. The first-order chi connectivity index (χ1) is 9.52. The summed E-state index contributed by atoms with van der Waals surface area (Å²) in [5.74, 6) is 6.10. The molecule has 0 amide bonds. The molecule has 1 fully saturated rings. The lowest BCUT2D eigenvalue weighted by molar-refractivity contribution is -0.0761. The summed E-state index contributed by atoms with van der Waals surface area (Å²) < 4.78 is 19.3. The van der Waals surface area contributed by atoms with Crippen LogP contribution < -0.4 is 11.3 Å². The third kappa shape index (κ3) is 2.98. The number of methoxy groups -OCH3 is 1. The summed E-state index contributed by atoms with van der Waals surface area (Å²) in [6.45, 7) is 2.24. The van der Waals surface area contributed by atoms with Crippen molar-refractivity contribution in [2.45, 2.75) is 44.2 Å². The quantitative estimate of drug-likeness (QED) is 0.660. The molecular weight excluding hydrogens is 279 g/mol. The molecule has 0 heterocycles. The maximum Gasteiger partial charge on any atom is 0.123 e. The van der Waals surface area contributed by atoms with Crippen molar-refractivity contribution in [3.63, 3.8) is 0 Å². The molecule has 112 valence electrons. The number of benzene rings is 1. The Morgan fingerprint density at radius 3 is 2.65 bits per heavy atom. The number of ether oxygens (including phenoxy) is 1. The van der Waals surface area contributed by atoms with Crippen molar-refractivity contribution < 1.29 is 9.13 Å². The van der Waals surface area contributed by atoms with Gasteiger partial charge in [-0.05, 0) is 55.4 Å². The van der Waals surface area contributed by atoms with Gasteiger partial charge >= 0.3 is 0 Å². The van der Waals surface area contributed by atoms with Gasteiger partial charge in [0.05, 0.1) is 11.6 Å². The smallest absolute Gasteiger partial charge is 0.123 e. The second-order valence-corrected chi connectivity index (χ2v) is 6.12. The van der Waals surface area contributed by atoms with E-state index in [2.05, 4.69) is 12.3 Å². The lowest BCUT2D eigenvalue weighted by Gasteiger charge is -2.44. The van der Waals surface area contributed by atoms with Crippen LogP contribution in [-0.4, -0.2) is 12.7 Å². The van der Waals surface area contributed by atoms with Gasteiger partial charge < -0.3 is 4.74 Å². The Balaban J connectivity index is 2.36. The largest absolute Gasteiger partial charge is 0.376 e. The Morgan fingerprint density at radius 2 is 2.10 bits per heavy atom. The third-order valence-corrected chi connectivity index (χ3v) is 4.83. The maximum absolute atomic E-state index is 13.5. The Labute approximate surface area is 124 Å². The van der Waals surface area contributed by atoms with Gasteiger partial charge in [-0.1, -0.05) is 18.5 Å². The van der Waals surface area contributed by atoms with Gasteiger partial charge in [-0.25, -0.2) is 4.39 Å². The van der Waals surface area contributed by atoms with E-state index in [1.54, 1.807) is 13.2 Å². The van der Waals surface area contributed by atoms with Gasteiger partial charge in [0.1, 0.15) is 5.82 Å². The molecule has 0 saturated heterocycles. The molecule has 3 N–H and O–H groups in total. The van der Waals surface area contributed by atoms with Crippen molar-refractivity contribution in [2.75, 3.05) is 7.11 Å². The van der Waals surface area contributed by atoms with E-state index >= 15 is 0 Å². The van der Waals surface area contributed by atoms with E-state index in [0.717, 1.165) is 25.7 Å². The highest BCUT2D eigenvalue weighted by atomic mass is 35.5. The van der Waals surface area contributed by atoms with Crippen molar-refractivity contribution >= 4 is 11.6 Å². The van der Waals surface area contributed by atoms with Gasteiger partial charge in [-0.3, -0.25) is 11.3 Å². The number of nitrogens with two attached hydrogens (primary N) is 1. The van der Waals surface area contributed by atoms with E-state index in [9.17, 15) is 4.39 Å². The van der Waals surface area contributed by atoms with Crippen molar-refractivity contribution in [1.29, 1.82) is 0 Å². The van der Waals surface area contributed by atoms with E-state index in [-0.39, 0.29) is 11.9 Å². The standard InChI is InChI=1S/C15H22ClFN2O/c1-10-5-7-15(20-2,8-6-10)14(19-18)12-9-11(17)3-4-13(12)16/h3-4,9-10,14,19H,5-8,18H2,1-2H3. The molecule has 20 heavy (non-hydrogen) atoms. The molecule has 1 unspecified atom stereocenters. The third-order valence-electron chi connectivity index (χ3n) is 4.49. The zero-order valence-corrected chi connectivity index (χ0v) is 12.7. The van der Waals surface area contributed by atoms with Crippen LogP contribution in [0.4, 0.5) is 4.39 Å². The minimum atomic E-state index is -0.432. The fraction of sp³-hybridized carbons (Fsp3) is 0.600. The summed E-state index contributed by atoms with van der Waals surface area (Å²) >= 11 is 6.22. The molecule has 0 bridgehead atoms. The number of halogens is 2. The first-order valence-corrected chi connectivity index (χ1v) is 7.36. The summed E-state index contributed by atoms with van der Waals surface area (Å²) in [6.07, 6.45) is 3.90. The van der Waals surface area contributed by atoms with Gasteiger partial charge in [-0.2, -0.15) is 0 Å². The molecule has 1 aliphatic rings. The Morgan fingerprint density at radius 1 is 1.45 bits per heavy atom. The second kappa shape index (κ2) is 6.39. The van der Waals surface area contributed by atoms with Crippen molar-refractivity contribution in [3.8, 4) is 0 Å². The Kier molecular flexibility index (Phi) is 5.02. The zero-order chi connectivity index (χ0) is 14.8. The molecule has 2 rings (SSSR count). The fourth-order valence-corrected chi connectivity index (χ4v) is 3.35. The van der Waals surface area contributed by atoms with E-state index in [1.165, 1.54) is 12.1 Å². The maximum atomic E-state index is 13.5. The highest BCUT2D eigenvalue weighted by Crippen LogP contribution is 2.44. The average molecular weight is 301 g/mol. The summed E-state index contributed by atoms with van der Waals surface area (Å²) in [4.78, 5) is 0. The Hall–Kier alpha value is -0.680. The molecule has 1 aliphatic carbocycles. The van der Waals surface area contributed by atoms with Crippen LogP contribution in [0.5, 0.6) is 0 Å². The SMILES string of the molecule is COC1(C(NN)c2cc(F)ccc2Cl)CCC(C)CC1. The van der Waals surface area contributed by atoms with Crippen molar-refractivity contribution in [2.24, 2.45) is 11.8 Å². The topological polar surface area (TPSA) is 47.3 Å². The number of nitrogens with one attached hydrogen (secondary N) is 1. The molecule has 0 radical (unpaired) electrons. The van der Waals surface area contributed by atoms with Crippen molar-refractivity contribution in [3.05, 3.63) is 34.6 Å². The van der Waals surface area contributed by atoms with E-state index < -0.39 is 5.60 Å². The molecule has 1 aromatic rings. The molecule has 0 spiro atoms. The van der Waals surface area contributed by atoms with Crippen LogP contribution >= 0.6 is 11.6 Å². The van der Waals surface area contributed by atoms with Crippen LogP contribution in [0.15, 0.2) is 18.2 Å². The lowest BCUT2D eigenvalue weighted by Crippen LogP contribution is -2.50. The monoisotopic (exact) mass is 300 g/mol. The van der Waals surface area contributed by atoms with Gasteiger partial charge in [-0.15, -0.1) is 0 Å². The zero-order valence-electron chi connectivity index (χ0n) is 12.0. The van der Waals surface area contributed by atoms with E-state index in [1.807, 2.05) is 0 Å². The first kappa shape index (κ1) is 15.7. The van der Waals surface area contributed by atoms with Gasteiger partial charge in [0.2, 0.25) is 0 Å². The summed E-state index contributed by atoms with van der Waals surface area (Å²) in [5.41, 5.74) is 3.01. The number of rotatable bonds is 4. The number of hydrogen-bond donors (Lipinski definition) is 2. The summed E-state index contributed by atoms with van der Waals surface area (Å²) in [5, 5.41) is 0.504. The predicted molar refractivity (Wildman–Crippen MR) is 78.8 cm³/mol. The predicted octanol–water partition coefficient (Wildman–Crippen LogP) is 3.58. The van der Waals surface area contributed by atoms with Gasteiger partial charge in [0, 0.05) is 12.1 Å². The van der Waals surface area contributed by atoms with Crippen LogP contribution in [0.1, 0.15) is 44.2 Å². The van der Waals surface area contributed by atoms with Crippen LogP contribution in [0.2, 0.25) is 5.02 Å².